The van der Waals surface area contributed by atoms with E-state index < -0.39 is 0 Å². The van der Waals surface area contributed by atoms with Gasteiger partial charge < -0.3 is 24.3 Å². The van der Waals surface area contributed by atoms with Gasteiger partial charge in [0.15, 0.2) is 11.5 Å². The summed E-state index contributed by atoms with van der Waals surface area (Å²) in [7, 11) is 4.51. The van der Waals surface area contributed by atoms with E-state index in [0.29, 0.717) is 35.3 Å². The van der Waals surface area contributed by atoms with Crippen LogP contribution in [0.2, 0.25) is 0 Å². The van der Waals surface area contributed by atoms with E-state index in [4.69, 9.17) is 18.9 Å². The highest BCUT2D eigenvalue weighted by Gasteiger charge is 2.20. The molecular formula is C20H26N2O5. The van der Waals surface area contributed by atoms with E-state index in [9.17, 15) is 4.79 Å². The van der Waals surface area contributed by atoms with E-state index in [1.807, 2.05) is 12.1 Å². The van der Waals surface area contributed by atoms with Crippen LogP contribution in [0.1, 0.15) is 35.7 Å². The second kappa shape index (κ2) is 10.3. The summed E-state index contributed by atoms with van der Waals surface area (Å²) < 4.78 is 21.6. The molecule has 0 aliphatic heterocycles. The minimum atomic E-state index is -0.295. The molecule has 1 heterocycles. The first-order valence-electron chi connectivity index (χ1n) is 8.80. The van der Waals surface area contributed by atoms with Gasteiger partial charge in [-0.3, -0.25) is 4.79 Å². The SMILES string of the molecule is CCCCOc1ncccc1CNC(=O)c1ccc(OC)c(OC)c1OC. The third-order valence-electron chi connectivity index (χ3n) is 3.97. The molecule has 2 rings (SSSR count). The number of benzene rings is 1. The largest absolute Gasteiger partial charge is 0.493 e. The van der Waals surface area contributed by atoms with Crippen molar-refractivity contribution in [2.75, 3.05) is 27.9 Å². The number of amides is 1. The number of carbonyl (C=O) groups is 1. The van der Waals surface area contributed by atoms with E-state index in [-0.39, 0.29) is 12.5 Å². The van der Waals surface area contributed by atoms with Crippen molar-refractivity contribution in [2.45, 2.75) is 26.3 Å². The lowest BCUT2D eigenvalue weighted by Gasteiger charge is -2.16. The first-order chi connectivity index (χ1) is 13.2. The van der Waals surface area contributed by atoms with E-state index in [1.54, 1.807) is 18.3 Å². The summed E-state index contributed by atoms with van der Waals surface area (Å²) in [5.41, 5.74) is 1.16. The Morgan fingerprint density at radius 3 is 2.52 bits per heavy atom. The van der Waals surface area contributed by atoms with Crippen molar-refractivity contribution >= 4 is 5.91 Å². The fraction of sp³-hybridized carbons (Fsp3) is 0.400. The van der Waals surface area contributed by atoms with E-state index in [0.717, 1.165) is 18.4 Å². The number of rotatable bonds is 10. The van der Waals surface area contributed by atoms with Crippen LogP contribution in [0.15, 0.2) is 30.5 Å². The van der Waals surface area contributed by atoms with Gasteiger partial charge in [-0.2, -0.15) is 0 Å². The van der Waals surface area contributed by atoms with Crippen molar-refractivity contribution in [3.05, 3.63) is 41.6 Å². The Bertz CT molecular complexity index is 764. The van der Waals surface area contributed by atoms with Gasteiger partial charge in [-0.1, -0.05) is 19.4 Å². The molecule has 0 spiro atoms. The van der Waals surface area contributed by atoms with Gasteiger partial charge in [-0.15, -0.1) is 0 Å². The summed E-state index contributed by atoms with van der Waals surface area (Å²) >= 11 is 0. The molecule has 1 aromatic heterocycles. The molecule has 0 unspecified atom stereocenters. The van der Waals surface area contributed by atoms with E-state index >= 15 is 0 Å². The van der Waals surface area contributed by atoms with Crippen molar-refractivity contribution < 1.29 is 23.7 Å². The number of hydrogen-bond acceptors (Lipinski definition) is 6. The minimum absolute atomic E-state index is 0.283. The molecule has 1 N–H and O–H groups in total. The molecule has 0 atom stereocenters. The average molecular weight is 374 g/mol. The molecule has 0 aliphatic rings. The smallest absolute Gasteiger partial charge is 0.255 e. The lowest BCUT2D eigenvalue weighted by molar-refractivity contribution is 0.0946. The maximum absolute atomic E-state index is 12.7. The van der Waals surface area contributed by atoms with Gasteiger partial charge in [0.2, 0.25) is 11.6 Å². The highest BCUT2D eigenvalue weighted by atomic mass is 16.5. The monoisotopic (exact) mass is 374 g/mol. The lowest BCUT2D eigenvalue weighted by atomic mass is 10.1. The number of unbranched alkanes of at least 4 members (excludes halogenated alkanes) is 1. The Hall–Kier alpha value is -2.96. The molecule has 7 nitrogen and oxygen atoms in total. The maximum Gasteiger partial charge on any atom is 0.255 e. The molecule has 1 amide bonds. The zero-order valence-electron chi connectivity index (χ0n) is 16.2. The van der Waals surface area contributed by atoms with Crippen molar-refractivity contribution in [3.63, 3.8) is 0 Å². The van der Waals surface area contributed by atoms with Crippen molar-refractivity contribution in [2.24, 2.45) is 0 Å². The third-order valence-corrected chi connectivity index (χ3v) is 3.97. The molecule has 2 aromatic rings. The summed E-state index contributed by atoms with van der Waals surface area (Å²) in [5, 5.41) is 2.87. The summed E-state index contributed by atoms with van der Waals surface area (Å²) in [6, 6.07) is 6.99. The third kappa shape index (κ3) is 5.03. The fourth-order valence-electron chi connectivity index (χ4n) is 2.55. The number of nitrogens with one attached hydrogen (secondary N) is 1. The summed E-state index contributed by atoms with van der Waals surface area (Å²) in [6.45, 7) is 2.98. The summed E-state index contributed by atoms with van der Waals surface area (Å²) in [4.78, 5) is 16.9. The second-order valence-electron chi connectivity index (χ2n) is 5.73. The summed E-state index contributed by atoms with van der Waals surface area (Å²) in [5.74, 6) is 1.42. The predicted octanol–water partition coefficient (Wildman–Crippen LogP) is 3.22. The van der Waals surface area contributed by atoms with Gasteiger partial charge in [0.1, 0.15) is 0 Å². The quantitative estimate of drug-likeness (QED) is 0.644. The van der Waals surface area contributed by atoms with Crippen LogP contribution in [0.3, 0.4) is 0 Å². The lowest BCUT2D eigenvalue weighted by Crippen LogP contribution is -2.24. The van der Waals surface area contributed by atoms with Crippen LogP contribution in [0.4, 0.5) is 0 Å². The molecule has 7 heteroatoms. The van der Waals surface area contributed by atoms with E-state index in [1.165, 1.54) is 21.3 Å². The average Bonchev–Trinajstić information content (AvgIpc) is 2.71. The Balaban J connectivity index is 2.15. The minimum Gasteiger partial charge on any atom is -0.493 e. The first-order valence-corrected chi connectivity index (χ1v) is 8.80. The molecular weight excluding hydrogens is 348 g/mol. The predicted molar refractivity (Wildman–Crippen MR) is 102 cm³/mol. The van der Waals surface area contributed by atoms with Crippen molar-refractivity contribution in [1.82, 2.24) is 10.3 Å². The number of nitrogens with zero attached hydrogens (tertiary/aromatic N) is 1. The van der Waals surface area contributed by atoms with Crippen LogP contribution in [0.25, 0.3) is 0 Å². The van der Waals surface area contributed by atoms with Gasteiger partial charge in [0.05, 0.1) is 33.5 Å². The van der Waals surface area contributed by atoms with Crippen LogP contribution in [-0.2, 0) is 6.54 Å². The normalized spacial score (nSPS) is 10.2. The Morgan fingerprint density at radius 1 is 1.07 bits per heavy atom. The van der Waals surface area contributed by atoms with Crippen molar-refractivity contribution in [1.29, 1.82) is 0 Å². The number of hydrogen-bond donors (Lipinski definition) is 1. The Kier molecular flexibility index (Phi) is 7.73. The molecule has 0 aliphatic carbocycles. The van der Waals surface area contributed by atoms with Crippen molar-refractivity contribution in [3.8, 4) is 23.1 Å². The summed E-state index contributed by atoms with van der Waals surface area (Å²) in [6.07, 6.45) is 3.66. The molecule has 0 saturated heterocycles. The van der Waals surface area contributed by atoms with Gasteiger partial charge in [-0.05, 0) is 24.6 Å². The molecule has 0 fully saturated rings. The van der Waals surface area contributed by atoms with Crippen LogP contribution >= 0.6 is 0 Å². The molecule has 0 bridgehead atoms. The van der Waals surface area contributed by atoms with Gasteiger partial charge >= 0.3 is 0 Å². The first kappa shape index (κ1) is 20.4. The highest BCUT2D eigenvalue weighted by Crippen LogP contribution is 2.39. The van der Waals surface area contributed by atoms with Gasteiger partial charge in [0, 0.05) is 18.3 Å². The van der Waals surface area contributed by atoms with Crippen LogP contribution in [0.5, 0.6) is 23.1 Å². The number of pyridine rings is 1. The number of carbonyl (C=O) groups excluding carboxylic acids is 1. The molecule has 27 heavy (non-hydrogen) atoms. The van der Waals surface area contributed by atoms with Crippen LogP contribution in [0, 0.1) is 0 Å². The van der Waals surface area contributed by atoms with Crippen LogP contribution in [-0.4, -0.2) is 38.8 Å². The highest BCUT2D eigenvalue weighted by molar-refractivity contribution is 5.98. The Labute approximate surface area is 159 Å². The number of aromatic nitrogens is 1. The van der Waals surface area contributed by atoms with Gasteiger partial charge in [0.25, 0.3) is 5.91 Å². The fourth-order valence-corrected chi connectivity index (χ4v) is 2.55. The zero-order valence-corrected chi connectivity index (χ0v) is 16.2. The molecule has 146 valence electrons. The van der Waals surface area contributed by atoms with E-state index in [2.05, 4.69) is 17.2 Å². The van der Waals surface area contributed by atoms with Crippen LogP contribution < -0.4 is 24.3 Å². The molecule has 0 saturated carbocycles. The topological polar surface area (TPSA) is 78.9 Å². The number of ether oxygens (including phenoxy) is 4. The molecule has 1 aromatic carbocycles. The van der Waals surface area contributed by atoms with Gasteiger partial charge in [-0.25, -0.2) is 4.98 Å². The standard InChI is InChI=1S/C20H26N2O5/c1-5-6-12-27-20-14(8-7-11-21-20)13-22-19(23)15-9-10-16(24-2)18(26-4)17(15)25-3/h7-11H,5-6,12-13H2,1-4H3,(H,22,23). The second-order valence-corrected chi connectivity index (χ2v) is 5.73. The number of methoxy groups -OCH3 is 3. The molecule has 0 radical (unpaired) electrons. The maximum atomic E-state index is 12.7. The Morgan fingerprint density at radius 2 is 1.85 bits per heavy atom. The zero-order chi connectivity index (χ0) is 19.6.